The maximum absolute atomic E-state index is 9.22. The van der Waals surface area contributed by atoms with Gasteiger partial charge in [0.25, 0.3) is 0 Å². The monoisotopic (exact) mass is 227 g/mol. The van der Waals surface area contributed by atoms with Gasteiger partial charge in [-0.1, -0.05) is 0 Å². The molecule has 2 heterocycles. The van der Waals surface area contributed by atoms with Crippen LogP contribution >= 0.6 is 0 Å². The molecule has 0 saturated heterocycles. The number of aromatic nitrogens is 4. The van der Waals surface area contributed by atoms with E-state index in [4.69, 9.17) is 5.73 Å². The first kappa shape index (κ1) is 9.59. The van der Waals surface area contributed by atoms with E-state index in [9.17, 15) is 5.11 Å². The molecule has 0 aliphatic carbocycles. The normalized spacial score (nSPS) is 10.8. The van der Waals surface area contributed by atoms with Crippen molar-refractivity contribution in [2.75, 3.05) is 5.73 Å². The molecule has 0 aliphatic heterocycles. The summed E-state index contributed by atoms with van der Waals surface area (Å²) in [6.07, 6.45) is 0. The van der Waals surface area contributed by atoms with Crippen molar-refractivity contribution >= 4 is 11.6 Å². The van der Waals surface area contributed by atoms with Gasteiger partial charge in [0, 0.05) is 5.56 Å². The summed E-state index contributed by atoms with van der Waals surface area (Å²) in [6, 6.07) is 10.4. The number of nitrogen functional groups attached to an aromatic ring is 1. The van der Waals surface area contributed by atoms with Gasteiger partial charge in [0.05, 0.1) is 5.69 Å². The van der Waals surface area contributed by atoms with Crippen molar-refractivity contribution in [3.63, 3.8) is 0 Å². The van der Waals surface area contributed by atoms with E-state index in [-0.39, 0.29) is 11.7 Å². The number of benzene rings is 1. The van der Waals surface area contributed by atoms with Gasteiger partial charge in [-0.25, -0.2) is 0 Å². The van der Waals surface area contributed by atoms with Gasteiger partial charge in [-0.05, 0) is 36.4 Å². The van der Waals surface area contributed by atoms with Crippen LogP contribution in [0.5, 0.6) is 5.75 Å². The van der Waals surface area contributed by atoms with E-state index < -0.39 is 0 Å². The number of nitrogens with zero attached hydrogens (tertiary/aromatic N) is 4. The first-order chi connectivity index (χ1) is 8.24. The number of rotatable bonds is 1. The minimum atomic E-state index is 0.221. The van der Waals surface area contributed by atoms with Crippen molar-refractivity contribution in [1.29, 1.82) is 0 Å². The molecular weight excluding hydrogens is 218 g/mol. The van der Waals surface area contributed by atoms with E-state index in [2.05, 4.69) is 15.3 Å². The van der Waals surface area contributed by atoms with E-state index >= 15 is 0 Å². The van der Waals surface area contributed by atoms with Crippen molar-refractivity contribution in [1.82, 2.24) is 19.8 Å². The zero-order valence-corrected chi connectivity index (χ0v) is 8.78. The van der Waals surface area contributed by atoms with Crippen LogP contribution in [0.25, 0.3) is 16.9 Å². The van der Waals surface area contributed by atoms with Crippen molar-refractivity contribution in [3.05, 3.63) is 36.4 Å². The first-order valence-electron chi connectivity index (χ1n) is 5.01. The van der Waals surface area contributed by atoms with Crippen LogP contribution in [-0.2, 0) is 0 Å². The fraction of sp³-hybridized carbons (Fsp3) is 0. The molecular formula is C11H9N5O. The SMILES string of the molecule is Nc1nnc2ccc(-c3ccc(O)cc3)nn12. The summed E-state index contributed by atoms with van der Waals surface area (Å²) in [5.41, 5.74) is 7.86. The molecule has 0 unspecified atom stereocenters. The largest absolute Gasteiger partial charge is 0.508 e. The van der Waals surface area contributed by atoms with Gasteiger partial charge in [0.15, 0.2) is 5.65 Å². The van der Waals surface area contributed by atoms with Crippen LogP contribution < -0.4 is 5.73 Å². The lowest BCUT2D eigenvalue weighted by Gasteiger charge is -2.01. The molecule has 0 saturated carbocycles. The maximum atomic E-state index is 9.22. The molecule has 0 bridgehead atoms. The van der Waals surface area contributed by atoms with E-state index in [0.29, 0.717) is 5.65 Å². The number of hydrogen-bond donors (Lipinski definition) is 2. The molecule has 3 aromatic rings. The molecule has 0 aliphatic rings. The molecule has 0 amide bonds. The second-order valence-electron chi connectivity index (χ2n) is 3.59. The van der Waals surface area contributed by atoms with Crippen LogP contribution in [0.1, 0.15) is 0 Å². The van der Waals surface area contributed by atoms with E-state index in [1.165, 1.54) is 4.52 Å². The van der Waals surface area contributed by atoms with Crippen LogP contribution in [0, 0.1) is 0 Å². The van der Waals surface area contributed by atoms with Crippen LogP contribution in [0.2, 0.25) is 0 Å². The molecule has 1 aromatic carbocycles. The van der Waals surface area contributed by atoms with Gasteiger partial charge in [-0.2, -0.15) is 9.61 Å². The molecule has 3 rings (SSSR count). The molecule has 0 fully saturated rings. The van der Waals surface area contributed by atoms with Gasteiger partial charge >= 0.3 is 0 Å². The average molecular weight is 227 g/mol. The van der Waals surface area contributed by atoms with Crippen molar-refractivity contribution in [3.8, 4) is 17.0 Å². The van der Waals surface area contributed by atoms with Gasteiger partial charge < -0.3 is 10.8 Å². The summed E-state index contributed by atoms with van der Waals surface area (Å²) in [5, 5.41) is 21.1. The first-order valence-corrected chi connectivity index (χ1v) is 5.01. The minimum Gasteiger partial charge on any atom is -0.508 e. The number of phenols is 1. The highest BCUT2D eigenvalue weighted by Gasteiger charge is 2.05. The second-order valence-corrected chi connectivity index (χ2v) is 3.59. The number of aromatic hydroxyl groups is 1. The molecule has 0 atom stereocenters. The molecule has 2 aromatic heterocycles. The van der Waals surface area contributed by atoms with Crippen molar-refractivity contribution < 1.29 is 5.11 Å². The number of nitrogens with two attached hydrogens (primary N) is 1. The Morgan fingerprint density at radius 3 is 2.53 bits per heavy atom. The highest BCUT2D eigenvalue weighted by atomic mass is 16.3. The Morgan fingerprint density at radius 1 is 1.00 bits per heavy atom. The third-order valence-electron chi connectivity index (χ3n) is 2.45. The Labute approximate surface area is 96.3 Å². The molecule has 0 radical (unpaired) electrons. The van der Waals surface area contributed by atoms with Crippen LogP contribution in [0.15, 0.2) is 36.4 Å². The summed E-state index contributed by atoms with van der Waals surface area (Å²) in [5.74, 6) is 0.472. The Hall–Kier alpha value is -2.63. The summed E-state index contributed by atoms with van der Waals surface area (Å²) in [4.78, 5) is 0. The van der Waals surface area contributed by atoms with Crippen molar-refractivity contribution in [2.24, 2.45) is 0 Å². The summed E-state index contributed by atoms with van der Waals surface area (Å²) >= 11 is 0. The van der Waals surface area contributed by atoms with E-state index in [1.54, 1.807) is 30.3 Å². The quantitative estimate of drug-likeness (QED) is 0.649. The van der Waals surface area contributed by atoms with E-state index in [0.717, 1.165) is 11.3 Å². The third-order valence-corrected chi connectivity index (χ3v) is 2.45. The maximum Gasteiger partial charge on any atom is 0.243 e. The van der Waals surface area contributed by atoms with Crippen LogP contribution in [-0.4, -0.2) is 24.9 Å². The fourth-order valence-corrected chi connectivity index (χ4v) is 1.59. The number of hydrogen-bond acceptors (Lipinski definition) is 5. The lowest BCUT2D eigenvalue weighted by Crippen LogP contribution is -1.99. The minimum absolute atomic E-state index is 0.221. The van der Waals surface area contributed by atoms with Gasteiger partial charge in [0.2, 0.25) is 5.95 Å². The highest BCUT2D eigenvalue weighted by molar-refractivity contribution is 5.61. The van der Waals surface area contributed by atoms with Gasteiger partial charge in [-0.3, -0.25) is 0 Å². The average Bonchev–Trinajstić information content (AvgIpc) is 2.72. The zero-order valence-electron chi connectivity index (χ0n) is 8.78. The zero-order chi connectivity index (χ0) is 11.8. The number of anilines is 1. The van der Waals surface area contributed by atoms with Gasteiger partial charge in [-0.15, -0.1) is 10.2 Å². The summed E-state index contributed by atoms with van der Waals surface area (Å²) < 4.78 is 1.47. The topological polar surface area (TPSA) is 89.3 Å². The van der Waals surface area contributed by atoms with Crippen molar-refractivity contribution in [2.45, 2.75) is 0 Å². The highest BCUT2D eigenvalue weighted by Crippen LogP contribution is 2.20. The predicted octanol–water partition coefficient (Wildman–Crippen LogP) is 1.08. The molecule has 6 nitrogen and oxygen atoms in total. The lowest BCUT2D eigenvalue weighted by atomic mass is 10.1. The molecule has 17 heavy (non-hydrogen) atoms. The summed E-state index contributed by atoms with van der Waals surface area (Å²) in [6.45, 7) is 0. The molecule has 6 heteroatoms. The molecule has 3 N–H and O–H groups in total. The standard InChI is InChI=1S/C11H9N5O/c12-11-14-13-10-6-5-9(15-16(10)11)7-1-3-8(17)4-2-7/h1-6,17H,(H2,12,14). The lowest BCUT2D eigenvalue weighted by molar-refractivity contribution is 0.475. The van der Waals surface area contributed by atoms with Crippen LogP contribution in [0.4, 0.5) is 5.95 Å². The third kappa shape index (κ3) is 1.55. The molecule has 0 spiro atoms. The number of phenolic OH excluding ortho intramolecular Hbond substituents is 1. The Balaban J connectivity index is 2.17. The van der Waals surface area contributed by atoms with Crippen LogP contribution in [0.3, 0.4) is 0 Å². The number of fused-ring (bicyclic) bond motifs is 1. The smallest absolute Gasteiger partial charge is 0.243 e. The molecule has 84 valence electrons. The Kier molecular flexibility index (Phi) is 1.94. The Bertz CT molecular complexity index is 674. The second kappa shape index (κ2) is 3.44. The van der Waals surface area contributed by atoms with Gasteiger partial charge in [0.1, 0.15) is 5.75 Å². The predicted molar refractivity (Wildman–Crippen MR) is 62.3 cm³/mol. The summed E-state index contributed by atoms with van der Waals surface area (Å²) in [7, 11) is 0. The fourth-order valence-electron chi connectivity index (χ4n) is 1.59. The Morgan fingerprint density at radius 2 is 1.76 bits per heavy atom. The van der Waals surface area contributed by atoms with E-state index in [1.807, 2.05) is 6.07 Å².